The van der Waals surface area contributed by atoms with E-state index in [4.69, 9.17) is 9.47 Å². The molecule has 1 N–H and O–H groups in total. The SMILES string of the molecule is C[C@@H]1CN(C(=O)N[C@H](C)[C@H]2CCCO2)C[C@@H](C)O1. The maximum atomic E-state index is 12.2. The molecule has 0 unspecified atom stereocenters. The molecule has 0 radical (unpaired) electrons. The van der Waals surface area contributed by atoms with Crippen molar-refractivity contribution in [3.05, 3.63) is 0 Å². The molecule has 0 saturated carbocycles. The predicted molar refractivity (Wildman–Crippen MR) is 68.5 cm³/mol. The van der Waals surface area contributed by atoms with Gasteiger partial charge in [0.2, 0.25) is 0 Å². The smallest absolute Gasteiger partial charge is 0.317 e. The van der Waals surface area contributed by atoms with Crippen LogP contribution in [0.15, 0.2) is 0 Å². The molecule has 5 nitrogen and oxygen atoms in total. The fourth-order valence-electron chi connectivity index (χ4n) is 2.72. The van der Waals surface area contributed by atoms with Crippen LogP contribution in [0.5, 0.6) is 0 Å². The molecular formula is C13H24N2O3. The molecule has 5 heteroatoms. The van der Waals surface area contributed by atoms with Gasteiger partial charge in [0.1, 0.15) is 0 Å². The van der Waals surface area contributed by atoms with Gasteiger partial charge in [-0.1, -0.05) is 0 Å². The predicted octanol–water partition coefficient (Wildman–Crippen LogP) is 1.37. The van der Waals surface area contributed by atoms with Crippen LogP contribution in [0.2, 0.25) is 0 Å². The first kappa shape index (κ1) is 13.6. The molecule has 2 saturated heterocycles. The Labute approximate surface area is 109 Å². The van der Waals surface area contributed by atoms with E-state index in [-0.39, 0.29) is 30.4 Å². The minimum atomic E-state index is 0. The van der Waals surface area contributed by atoms with Gasteiger partial charge in [-0.25, -0.2) is 4.79 Å². The normalized spacial score (nSPS) is 34.4. The van der Waals surface area contributed by atoms with Gasteiger partial charge < -0.3 is 19.7 Å². The van der Waals surface area contributed by atoms with Crippen LogP contribution in [-0.2, 0) is 9.47 Å². The van der Waals surface area contributed by atoms with Crippen molar-refractivity contribution in [1.82, 2.24) is 10.2 Å². The molecule has 0 spiro atoms. The minimum absolute atomic E-state index is 0. The highest BCUT2D eigenvalue weighted by atomic mass is 16.5. The van der Waals surface area contributed by atoms with Crippen molar-refractivity contribution in [1.29, 1.82) is 0 Å². The van der Waals surface area contributed by atoms with E-state index < -0.39 is 0 Å². The highest BCUT2D eigenvalue weighted by Gasteiger charge is 2.29. The van der Waals surface area contributed by atoms with E-state index in [1.165, 1.54) is 0 Å². The molecule has 0 aliphatic carbocycles. The van der Waals surface area contributed by atoms with E-state index in [2.05, 4.69) is 5.32 Å². The third kappa shape index (κ3) is 3.36. The van der Waals surface area contributed by atoms with E-state index in [0.29, 0.717) is 13.1 Å². The summed E-state index contributed by atoms with van der Waals surface area (Å²) in [4.78, 5) is 14.0. The van der Waals surface area contributed by atoms with Crippen LogP contribution in [0.4, 0.5) is 4.79 Å². The van der Waals surface area contributed by atoms with Gasteiger partial charge in [-0.2, -0.15) is 0 Å². The van der Waals surface area contributed by atoms with E-state index in [1.54, 1.807) is 0 Å². The summed E-state index contributed by atoms with van der Waals surface area (Å²) in [6.45, 7) is 8.15. The molecular weight excluding hydrogens is 232 g/mol. The molecule has 2 aliphatic heterocycles. The monoisotopic (exact) mass is 256 g/mol. The second-order valence-electron chi connectivity index (χ2n) is 5.45. The van der Waals surface area contributed by atoms with Gasteiger partial charge in [0.15, 0.2) is 0 Å². The summed E-state index contributed by atoms with van der Waals surface area (Å²) in [6, 6.07) is 0.0773. The molecule has 18 heavy (non-hydrogen) atoms. The Morgan fingerprint density at radius 2 is 2.00 bits per heavy atom. The summed E-state index contributed by atoms with van der Waals surface area (Å²) in [5.74, 6) is 0. The Hall–Kier alpha value is -0.810. The number of hydrogen-bond donors (Lipinski definition) is 1. The lowest BCUT2D eigenvalue weighted by atomic mass is 10.1. The standard InChI is InChI=1S/C13H24N2O3/c1-9-7-15(8-10(2)18-9)13(16)14-11(3)12-5-4-6-17-12/h9-12H,4-8H2,1-3H3,(H,14,16)/t9-,10-,11-,12-/m1/s1. The molecule has 2 heterocycles. The number of nitrogens with zero attached hydrogens (tertiary/aromatic N) is 1. The van der Waals surface area contributed by atoms with Crippen LogP contribution in [0.3, 0.4) is 0 Å². The minimum Gasteiger partial charge on any atom is -0.376 e. The number of rotatable bonds is 2. The first-order valence-corrected chi connectivity index (χ1v) is 6.88. The third-order valence-corrected chi connectivity index (χ3v) is 3.58. The lowest BCUT2D eigenvalue weighted by molar-refractivity contribution is -0.0551. The number of urea groups is 1. The molecule has 2 rings (SSSR count). The highest BCUT2D eigenvalue weighted by Crippen LogP contribution is 2.16. The van der Waals surface area contributed by atoms with Crippen molar-refractivity contribution in [3.8, 4) is 0 Å². The number of carbonyl (C=O) groups excluding carboxylic acids is 1. The van der Waals surface area contributed by atoms with E-state index >= 15 is 0 Å². The number of morpholine rings is 1. The van der Waals surface area contributed by atoms with Crippen molar-refractivity contribution in [3.63, 3.8) is 0 Å². The second-order valence-corrected chi connectivity index (χ2v) is 5.45. The molecule has 0 aromatic heterocycles. The second kappa shape index (κ2) is 5.89. The van der Waals surface area contributed by atoms with E-state index in [9.17, 15) is 4.79 Å². The Balaban J connectivity index is 1.83. The molecule has 104 valence electrons. The molecule has 0 bridgehead atoms. The lowest BCUT2D eigenvalue weighted by Crippen LogP contribution is -2.54. The first-order valence-electron chi connectivity index (χ1n) is 6.88. The Kier molecular flexibility index (Phi) is 4.45. The molecule has 0 aromatic carbocycles. The quantitative estimate of drug-likeness (QED) is 0.812. The lowest BCUT2D eigenvalue weighted by Gasteiger charge is -2.36. The summed E-state index contributed by atoms with van der Waals surface area (Å²) in [7, 11) is 0. The largest absolute Gasteiger partial charge is 0.376 e. The summed E-state index contributed by atoms with van der Waals surface area (Å²) < 4.78 is 11.2. The van der Waals surface area contributed by atoms with Gasteiger partial charge in [-0.15, -0.1) is 0 Å². The van der Waals surface area contributed by atoms with Crippen molar-refractivity contribution in [2.75, 3.05) is 19.7 Å². The fourth-order valence-corrected chi connectivity index (χ4v) is 2.72. The summed E-state index contributed by atoms with van der Waals surface area (Å²) in [6.07, 6.45) is 2.52. The number of amides is 2. The maximum absolute atomic E-state index is 12.2. The van der Waals surface area contributed by atoms with Crippen LogP contribution < -0.4 is 5.32 Å². The molecule has 0 aromatic rings. The van der Waals surface area contributed by atoms with Crippen LogP contribution in [0, 0.1) is 0 Å². The maximum Gasteiger partial charge on any atom is 0.317 e. The molecule has 2 aliphatic rings. The van der Waals surface area contributed by atoms with Gasteiger partial charge in [0.05, 0.1) is 24.4 Å². The number of hydrogen-bond acceptors (Lipinski definition) is 3. The topological polar surface area (TPSA) is 50.8 Å². The average molecular weight is 256 g/mol. The Morgan fingerprint density at radius 1 is 1.33 bits per heavy atom. The van der Waals surface area contributed by atoms with E-state index in [0.717, 1.165) is 19.4 Å². The molecule has 2 fully saturated rings. The summed E-state index contributed by atoms with van der Waals surface area (Å²) in [5.41, 5.74) is 0. The zero-order valence-corrected chi connectivity index (χ0v) is 11.5. The average Bonchev–Trinajstić information content (AvgIpc) is 2.80. The number of carbonyl (C=O) groups is 1. The zero-order chi connectivity index (χ0) is 13.1. The fraction of sp³-hybridized carbons (Fsp3) is 0.923. The Morgan fingerprint density at radius 3 is 2.56 bits per heavy atom. The van der Waals surface area contributed by atoms with Gasteiger partial charge >= 0.3 is 6.03 Å². The van der Waals surface area contributed by atoms with Crippen LogP contribution in [-0.4, -0.2) is 55.0 Å². The molecule has 4 atom stereocenters. The number of nitrogens with one attached hydrogen (secondary N) is 1. The van der Waals surface area contributed by atoms with Gasteiger partial charge in [0, 0.05) is 19.7 Å². The summed E-state index contributed by atoms with van der Waals surface area (Å²) in [5, 5.41) is 3.04. The van der Waals surface area contributed by atoms with Crippen molar-refractivity contribution < 1.29 is 14.3 Å². The van der Waals surface area contributed by atoms with Crippen molar-refractivity contribution in [2.24, 2.45) is 0 Å². The number of ether oxygens (including phenoxy) is 2. The Bertz CT molecular complexity index is 282. The van der Waals surface area contributed by atoms with Gasteiger partial charge in [-0.3, -0.25) is 0 Å². The van der Waals surface area contributed by atoms with Gasteiger partial charge in [0.25, 0.3) is 0 Å². The first-order chi connectivity index (χ1) is 8.56. The van der Waals surface area contributed by atoms with Crippen LogP contribution in [0.1, 0.15) is 33.6 Å². The summed E-state index contributed by atoms with van der Waals surface area (Å²) >= 11 is 0. The van der Waals surface area contributed by atoms with E-state index in [1.807, 2.05) is 25.7 Å². The highest BCUT2D eigenvalue weighted by molar-refractivity contribution is 5.74. The van der Waals surface area contributed by atoms with Crippen molar-refractivity contribution in [2.45, 2.75) is 58.0 Å². The third-order valence-electron chi connectivity index (χ3n) is 3.58. The molecule has 2 amide bonds. The van der Waals surface area contributed by atoms with Crippen LogP contribution in [0.25, 0.3) is 0 Å². The van der Waals surface area contributed by atoms with Crippen LogP contribution >= 0.6 is 0 Å². The zero-order valence-electron chi connectivity index (χ0n) is 11.5. The van der Waals surface area contributed by atoms with Gasteiger partial charge in [-0.05, 0) is 33.6 Å². The van der Waals surface area contributed by atoms with Crippen molar-refractivity contribution >= 4 is 6.03 Å².